The zero-order valence-electron chi connectivity index (χ0n) is 21.9. The lowest BCUT2D eigenvalue weighted by Gasteiger charge is -2.31. The maximum absolute atomic E-state index is 13.5. The lowest BCUT2D eigenvalue weighted by atomic mass is 10.1. The molecule has 0 spiro atoms. The molecule has 0 saturated heterocycles. The van der Waals surface area contributed by atoms with Crippen molar-refractivity contribution in [2.24, 2.45) is 0 Å². The van der Waals surface area contributed by atoms with Gasteiger partial charge in [-0.3, -0.25) is 13.9 Å². The molecule has 0 radical (unpaired) electrons. The number of nitrogens with zero attached hydrogens (tertiary/aromatic N) is 2. The van der Waals surface area contributed by atoms with Gasteiger partial charge in [-0.1, -0.05) is 55.8 Å². The maximum atomic E-state index is 13.5. The number of nitrogens with one attached hydrogen (secondary N) is 1. The van der Waals surface area contributed by atoms with Crippen molar-refractivity contribution in [2.45, 2.75) is 66.0 Å². The number of carbonyl (C=O) groups excluding carboxylic acids is 2. The summed E-state index contributed by atoms with van der Waals surface area (Å²) in [5.74, 6) is -0.360. The van der Waals surface area contributed by atoms with Crippen LogP contribution in [0.15, 0.2) is 42.5 Å². The summed E-state index contributed by atoms with van der Waals surface area (Å²) in [6.07, 6.45) is 2.83. The van der Waals surface area contributed by atoms with Crippen molar-refractivity contribution in [1.29, 1.82) is 0 Å². The highest BCUT2D eigenvalue weighted by molar-refractivity contribution is 7.92. The molecule has 0 aliphatic heterocycles. The molecule has 9 heteroatoms. The largest absolute Gasteiger partial charge is 0.354 e. The molecular formula is C27H38ClN3O4S. The fraction of sp³-hybridized carbons (Fsp3) is 0.481. The lowest BCUT2D eigenvalue weighted by Crippen LogP contribution is -2.49. The number of rotatable bonds is 13. The smallest absolute Gasteiger partial charge is 0.242 e. The number of carbonyl (C=O) groups is 2. The second-order valence-electron chi connectivity index (χ2n) is 9.03. The fourth-order valence-corrected chi connectivity index (χ4v) is 5.27. The van der Waals surface area contributed by atoms with Gasteiger partial charge >= 0.3 is 0 Å². The summed E-state index contributed by atoms with van der Waals surface area (Å²) in [6, 6.07) is 12.3. The average molecular weight is 536 g/mol. The van der Waals surface area contributed by atoms with E-state index < -0.39 is 16.1 Å². The Hall–Kier alpha value is -2.58. The predicted molar refractivity (Wildman–Crippen MR) is 147 cm³/mol. The van der Waals surface area contributed by atoms with Crippen molar-refractivity contribution in [3.63, 3.8) is 0 Å². The molecule has 36 heavy (non-hydrogen) atoms. The lowest BCUT2D eigenvalue weighted by molar-refractivity contribution is -0.141. The molecule has 1 N–H and O–H groups in total. The average Bonchev–Trinajstić information content (AvgIpc) is 2.82. The summed E-state index contributed by atoms with van der Waals surface area (Å²) in [4.78, 5) is 28.0. The van der Waals surface area contributed by atoms with Crippen LogP contribution in [0.3, 0.4) is 0 Å². The van der Waals surface area contributed by atoms with Gasteiger partial charge in [0, 0.05) is 31.1 Å². The van der Waals surface area contributed by atoms with Crippen LogP contribution >= 0.6 is 11.6 Å². The molecule has 1 atom stereocenters. The van der Waals surface area contributed by atoms with Gasteiger partial charge in [0.05, 0.1) is 11.9 Å². The zero-order chi connectivity index (χ0) is 26.9. The van der Waals surface area contributed by atoms with E-state index in [0.717, 1.165) is 29.4 Å². The van der Waals surface area contributed by atoms with E-state index in [1.54, 1.807) is 23.1 Å². The van der Waals surface area contributed by atoms with Crippen LogP contribution in [0.25, 0.3) is 0 Å². The Morgan fingerprint density at radius 3 is 2.36 bits per heavy atom. The first-order valence-electron chi connectivity index (χ1n) is 12.3. The van der Waals surface area contributed by atoms with E-state index in [-0.39, 0.29) is 24.8 Å². The molecule has 198 valence electrons. The molecule has 0 fully saturated rings. The van der Waals surface area contributed by atoms with Crippen LogP contribution in [0, 0.1) is 13.8 Å². The monoisotopic (exact) mass is 535 g/mol. The highest BCUT2D eigenvalue weighted by Crippen LogP contribution is 2.27. The van der Waals surface area contributed by atoms with Gasteiger partial charge in [-0.25, -0.2) is 8.42 Å². The molecule has 0 aliphatic carbocycles. The van der Waals surface area contributed by atoms with E-state index in [1.165, 1.54) is 4.31 Å². The van der Waals surface area contributed by atoms with Gasteiger partial charge in [0.25, 0.3) is 0 Å². The Morgan fingerprint density at radius 1 is 1.06 bits per heavy atom. The van der Waals surface area contributed by atoms with Gasteiger partial charge in [-0.15, -0.1) is 0 Å². The third-order valence-electron chi connectivity index (χ3n) is 6.13. The number of halogens is 1. The van der Waals surface area contributed by atoms with Crippen molar-refractivity contribution in [1.82, 2.24) is 10.2 Å². The Balaban J connectivity index is 2.25. The summed E-state index contributed by atoms with van der Waals surface area (Å²) in [5, 5.41) is 3.35. The van der Waals surface area contributed by atoms with Crippen molar-refractivity contribution >= 4 is 39.1 Å². The molecule has 2 aromatic carbocycles. The highest BCUT2D eigenvalue weighted by atomic mass is 35.5. The minimum absolute atomic E-state index is 0.106. The zero-order valence-corrected chi connectivity index (χ0v) is 23.5. The van der Waals surface area contributed by atoms with Crippen LogP contribution in [0.2, 0.25) is 5.02 Å². The van der Waals surface area contributed by atoms with Crippen LogP contribution in [0.4, 0.5) is 5.69 Å². The van der Waals surface area contributed by atoms with E-state index in [1.807, 2.05) is 52.0 Å². The van der Waals surface area contributed by atoms with Crippen molar-refractivity contribution in [3.8, 4) is 0 Å². The molecule has 7 nitrogen and oxygen atoms in total. The van der Waals surface area contributed by atoms with Crippen molar-refractivity contribution in [3.05, 3.63) is 64.2 Å². The third kappa shape index (κ3) is 8.23. The van der Waals surface area contributed by atoms with Crippen LogP contribution in [-0.4, -0.2) is 50.5 Å². The van der Waals surface area contributed by atoms with Crippen molar-refractivity contribution in [2.75, 3.05) is 23.7 Å². The van der Waals surface area contributed by atoms with Crippen LogP contribution < -0.4 is 9.62 Å². The van der Waals surface area contributed by atoms with Gasteiger partial charge in [0.2, 0.25) is 21.8 Å². The first-order chi connectivity index (χ1) is 17.0. The van der Waals surface area contributed by atoms with E-state index >= 15 is 0 Å². The van der Waals surface area contributed by atoms with Gasteiger partial charge in [0.15, 0.2) is 0 Å². The molecule has 0 unspecified atom stereocenters. The number of benzene rings is 2. The normalized spacial score (nSPS) is 12.2. The number of sulfonamides is 1. The van der Waals surface area contributed by atoms with Crippen molar-refractivity contribution < 1.29 is 18.0 Å². The summed E-state index contributed by atoms with van der Waals surface area (Å²) in [5.41, 5.74) is 3.29. The Bertz CT molecular complexity index is 1150. The SMILES string of the molecule is CCCNC(=O)[C@H](CC)N(Cc1ccccc1C)C(=O)CCCN(c1cc(Cl)ccc1C)S(C)(=O)=O. The summed E-state index contributed by atoms with van der Waals surface area (Å²) >= 11 is 6.12. The first kappa shape index (κ1) is 29.6. The summed E-state index contributed by atoms with van der Waals surface area (Å²) < 4.78 is 26.4. The summed E-state index contributed by atoms with van der Waals surface area (Å²) in [7, 11) is -3.59. The van der Waals surface area contributed by atoms with E-state index in [2.05, 4.69) is 5.32 Å². The summed E-state index contributed by atoms with van der Waals surface area (Å²) in [6.45, 7) is 8.65. The van der Waals surface area contributed by atoms with Gasteiger partial charge in [-0.2, -0.15) is 0 Å². The van der Waals surface area contributed by atoms with E-state index in [9.17, 15) is 18.0 Å². The Labute approximate surface area is 220 Å². The van der Waals surface area contributed by atoms with E-state index in [4.69, 9.17) is 11.6 Å². The van der Waals surface area contributed by atoms with Crippen LogP contribution in [0.5, 0.6) is 0 Å². The number of hydrogen-bond donors (Lipinski definition) is 1. The van der Waals surface area contributed by atoms with Crippen LogP contribution in [-0.2, 0) is 26.2 Å². The molecule has 2 rings (SSSR count). The van der Waals surface area contributed by atoms with Crippen LogP contribution in [0.1, 0.15) is 56.2 Å². The number of anilines is 1. The van der Waals surface area contributed by atoms with E-state index in [0.29, 0.717) is 36.6 Å². The highest BCUT2D eigenvalue weighted by Gasteiger charge is 2.29. The minimum atomic E-state index is -3.59. The molecule has 0 bridgehead atoms. The fourth-order valence-electron chi connectivity index (χ4n) is 4.09. The second kappa shape index (κ2) is 13.7. The Morgan fingerprint density at radius 2 is 1.75 bits per heavy atom. The van der Waals surface area contributed by atoms with Gasteiger partial charge < -0.3 is 10.2 Å². The maximum Gasteiger partial charge on any atom is 0.242 e. The number of hydrogen-bond acceptors (Lipinski definition) is 4. The van der Waals surface area contributed by atoms with Gasteiger partial charge in [-0.05, 0) is 61.9 Å². The molecule has 0 heterocycles. The minimum Gasteiger partial charge on any atom is -0.354 e. The number of aryl methyl sites for hydroxylation is 2. The van der Waals surface area contributed by atoms with Gasteiger partial charge in [0.1, 0.15) is 6.04 Å². The second-order valence-corrected chi connectivity index (χ2v) is 11.4. The predicted octanol–water partition coefficient (Wildman–Crippen LogP) is 4.84. The molecule has 0 saturated carbocycles. The Kier molecular flexibility index (Phi) is 11.2. The molecule has 0 aromatic heterocycles. The molecule has 2 aromatic rings. The third-order valence-corrected chi connectivity index (χ3v) is 7.54. The topological polar surface area (TPSA) is 86.8 Å². The molecular weight excluding hydrogens is 498 g/mol. The molecule has 0 aliphatic rings. The number of amides is 2. The first-order valence-corrected chi connectivity index (χ1v) is 14.6. The molecule has 2 amide bonds. The standard InChI is InChI=1S/C27H38ClN3O4S/c1-6-16-29-27(33)24(7-2)30(19-22-12-9-8-11-20(22)3)26(32)13-10-17-31(36(5,34)35)25-18-23(28)15-14-21(25)4/h8-9,11-12,14-15,18,24H,6-7,10,13,16-17,19H2,1-5H3,(H,29,33)/t24-/m0/s1. The quantitative estimate of drug-likeness (QED) is 0.398.